The van der Waals surface area contributed by atoms with Gasteiger partial charge in [0, 0.05) is 12.4 Å². The van der Waals surface area contributed by atoms with Gasteiger partial charge in [-0.25, -0.2) is 9.97 Å². The first kappa shape index (κ1) is 13.6. The minimum Gasteiger partial charge on any atom is -0.297 e. The van der Waals surface area contributed by atoms with Gasteiger partial charge in [-0.2, -0.15) is 18.3 Å². The Balaban J connectivity index is 2.09. The largest absolute Gasteiger partial charge is 0.417 e. The first-order chi connectivity index (χ1) is 9.97. The highest BCUT2D eigenvalue weighted by molar-refractivity contribution is 6.32. The SMILES string of the molecule is FC(F)(F)c1cnc(-n2cccc2-c2ncn[nH]2)c(Cl)c1. The number of pyridine rings is 1. The lowest BCUT2D eigenvalue weighted by atomic mass is 10.2. The zero-order valence-corrected chi connectivity index (χ0v) is 11.0. The highest BCUT2D eigenvalue weighted by Crippen LogP contribution is 2.32. The molecular formula is C12H7ClF3N5. The summed E-state index contributed by atoms with van der Waals surface area (Å²) in [5, 5.41) is 6.29. The number of aromatic nitrogens is 5. The van der Waals surface area contributed by atoms with Crippen LogP contribution in [0.5, 0.6) is 0 Å². The van der Waals surface area contributed by atoms with Crippen molar-refractivity contribution in [3.8, 4) is 17.3 Å². The zero-order valence-electron chi connectivity index (χ0n) is 10.3. The van der Waals surface area contributed by atoms with Gasteiger partial charge in [0.15, 0.2) is 11.6 Å². The molecule has 0 fully saturated rings. The Labute approximate surface area is 121 Å². The molecule has 0 aliphatic heterocycles. The van der Waals surface area contributed by atoms with E-state index >= 15 is 0 Å². The third-order valence-electron chi connectivity index (χ3n) is 2.78. The molecule has 0 aromatic carbocycles. The van der Waals surface area contributed by atoms with Crippen molar-refractivity contribution in [1.82, 2.24) is 24.7 Å². The highest BCUT2D eigenvalue weighted by Gasteiger charge is 2.31. The van der Waals surface area contributed by atoms with Crippen molar-refractivity contribution in [2.45, 2.75) is 6.18 Å². The smallest absolute Gasteiger partial charge is 0.297 e. The molecule has 1 N–H and O–H groups in total. The molecule has 3 rings (SSSR count). The Morgan fingerprint density at radius 1 is 1.24 bits per heavy atom. The average Bonchev–Trinajstić information content (AvgIpc) is 3.08. The Hall–Kier alpha value is -2.35. The third kappa shape index (κ3) is 2.49. The van der Waals surface area contributed by atoms with Crippen molar-refractivity contribution in [2.24, 2.45) is 0 Å². The fourth-order valence-corrected chi connectivity index (χ4v) is 2.11. The number of nitrogens with one attached hydrogen (secondary N) is 1. The number of aromatic amines is 1. The van der Waals surface area contributed by atoms with E-state index in [1.807, 2.05) is 0 Å². The fraction of sp³-hybridized carbons (Fsp3) is 0.0833. The van der Waals surface area contributed by atoms with E-state index in [4.69, 9.17) is 11.6 Å². The number of halogens is 4. The van der Waals surface area contributed by atoms with Gasteiger partial charge in [0.25, 0.3) is 0 Å². The summed E-state index contributed by atoms with van der Waals surface area (Å²) in [4.78, 5) is 7.80. The standard InChI is InChI=1S/C12H7ClF3N5/c13-8-4-7(12(14,15)16)5-17-11(8)21-3-1-2-9(21)10-18-6-19-20-10/h1-6H,(H,18,19,20). The summed E-state index contributed by atoms with van der Waals surface area (Å²) in [5.74, 6) is 0.638. The molecule has 0 radical (unpaired) electrons. The van der Waals surface area contributed by atoms with Crippen molar-refractivity contribution in [1.29, 1.82) is 0 Å². The molecule has 0 aliphatic rings. The fourth-order valence-electron chi connectivity index (χ4n) is 1.85. The minimum absolute atomic E-state index is 0.109. The van der Waals surface area contributed by atoms with Gasteiger partial charge in [-0.05, 0) is 18.2 Å². The van der Waals surface area contributed by atoms with E-state index in [1.165, 1.54) is 10.9 Å². The van der Waals surface area contributed by atoms with Crippen LogP contribution in [0.3, 0.4) is 0 Å². The van der Waals surface area contributed by atoms with Crippen LogP contribution in [0, 0.1) is 0 Å². The molecule has 3 aromatic heterocycles. The summed E-state index contributed by atoms with van der Waals surface area (Å²) in [7, 11) is 0. The van der Waals surface area contributed by atoms with Crippen LogP contribution in [0.1, 0.15) is 5.56 Å². The summed E-state index contributed by atoms with van der Waals surface area (Å²) in [5.41, 5.74) is -0.314. The van der Waals surface area contributed by atoms with Gasteiger partial charge >= 0.3 is 6.18 Å². The average molecular weight is 314 g/mol. The van der Waals surface area contributed by atoms with E-state index in [2.05, 4.69) is 20.2 Å². The summed E-state index contributed by atoms with van der Waals surface area (Å²) < 4.78 is 39.4. The van der Waals surface area contributed by atoms with Gasteiger partial charge in [-0.3, -0.25) is 9.67 Å². The number of hydrogen-bond donors (Lipinski definition) is 1. The van der Waals surface area contributed by atoms with E-state index < -0.39 is 11.7 Å². The molecule has 3 aromatic rings. The van der Waals surface area contributed by atoms with Crippen molar-refractivity contribution in [2.75, 3.05) is 0 Å². The molecule has 0 saturated carbocycles. The van der Waals surface area contributed by atoms with Gasteiger partial charge in [0.1, 0.15) is 6.33 Å². The predicted octanol–water partition coefficient (Wildman–Crippen LogP) is 3.33. The van der Waals surface area contributed by atoms with Crippen molar-refractivity contribution in [3.63, 3.8) is 0 Å². The van der Waals surface area contributed by atoms with E-state index in [0.29, 0.717) is 11.5 Å². The lowest BCUT2D eigenvalue weighted by Gasteiger charge is -2.11. The quantitative estimate of drug-likeness (QED) is 0.789. The molecule has 9 heteroatoms. The van der Waals surface area contributed by atoms with Crippen LogP contribution in [0.2, 0.25) is 5.02 Å². The molecule has 108 valence electrons. The number of hydrogen-bond acceptors (Lipinski definition) is 3. The maximum absolute atomic E-state index is 12.6. The van der Waals surface area contributed by atoms with Crippen LogP contribution < -0.4 is 0 Å². The Morgan fingerprint density at radius 3 is 2.67 bits per heavy atom. The summed E-state index contributed by atoms with van der Waals surface area (Å²) in [6.45, 7) is 0. The summed E-state index contributed by atoms with van der Waals surface area (Å²) in [6.07, 6.45) is -0.793. The first-order valence-electron chi connectivity index (χ1n) is 5.73. The van der Waals surface area contributed by atoms with Crippen molar-refractivity contribution < 1.29 is 13.2 Å². The van der Waals surface area contributed by atoms with E-state index in [0.717, 1.165) is 12.3 Å². The van der Waals surface area contributed by atoms with Crippen LogP contribution in [0.15, 0.2) is 36.9 Å². The topological polar surface area (TPSA) is 59.4 Å². The van der Waals surface area contributed by atoms with Crippen LogP contribution in [0.4, 0.5) is 13.2 Å². The molecule has 0 saturated heterocycles. The Morgan fingerprint density at radius 2 is 2.05 bits per heavy atom. The third-order valence-corrected chi connectivity index (χ3v) is 3.06. The monoisotopic (exact) mass is 313 g/mol. The normalized spacial score (nSPS) is 11.8. The second-order valence-corrected chi connectivity index (χ2v) is 4.53. The molecule has 0 aliphatic carbocycles. The van der Waals surface area contributed by atoms with Crippen LogP contribution in [-0.2, 0) is 6.18 Å². The second-order valence-electron chi connectivity index (χ2n) is 4.12. The second kappa shape index (κ2) is 4.88. The zero-order chi connectivity index (χ0) is 15.0. The molecule has 0 spiro atoms. The number of H-pyrrole nitrogens is 1. The van der Waals surface area contributed by atoms with Crippen molar-refractivity contribution >= 4 is 11.6 Å². The maximum Gasteiger partial charge on any atom is 0.417 e. The number of nitrogens with zero attached hydrogens (tertiary/aromatic N) is 4. The molecule has 0 amide bonds. The van der Waals surface area contributed by atoms with Crippen LogP contribution in [0.25, 0.3) is 17.3 Å². The lowest BCUT2D eigenvalue weighted by molar-refractivity contribution is -0.137. The summed E-state index contributed by atoms with van der Waals surface area (Å²) in [6, 6.07) is 4.26. The highest BCUT2D eigenvalue weighted by atomic mass is 35.5. The van der Waals surface area contributed by atoms with Gasteiger partial charge < -0.3 is 0 Å². The van der Waals surface area contributed by atoms with E-state index in [9.17, 15) is 13.2 Å². The van der Waals surface area contributed by atoms with Gasteiger partial charge in [0.05, 0.1) is 16.3 Å². The number of rotatable bonds is 2. The van der Waals surface area contributed by atoms with Gasteiger partial charge in [-0.15, -0.1) is 0 Å². The molecular weight excluding hydrogens is 307 g/mol. The maximum atomic E-state index is 12.6. The molecule has 3 heterocycles. The predicted molar refractivity (Wildman–Crippen MR) is 69.0 cm³/mol. The molecule has 0 unspecified atom stereocenters. The van der Waals surface area contributed by atoms with Crippen LogP contribution >= 0.6 is 11.6 Å². The Kier molecular flexibility index (Phi) is 3.17. The number of alkyl halides is 3. The lowest BCUT2D eigenvalue weighted by Crippen LogP contribution is -2.08. The molecule has 5 nitrogen and oxygen atoms in total. The Bertz CT molecular complexity index is 764. The van der Waals surface area contributed by atoms with Crippen molar-refractivity contribution in [3.05, 3.63) is 47.5 Å². The van der Waals surface area contributed by atoms with Crippen LogP contribution in [-0.4, -0.2) is 24.7 Å². The van der Waals surface area contributed by atoms with Gasteiger partial charge in [0.2, 0.25) is 0 Å². The van der Waals surface area contributed by atoms with E-state index in [1.54, 1.807) is 18.3 Å². The molecule has 21 heavy (non-hydrogen) atoms. The minimum atomic E-state index is -4.49. The molecule has 0 atom stereocenters. The molecule has 0 bridgehead atoms. The van der Waals surface area contributed by atoms with Gasteiger partial charge in [-0.1, -0.05) is 11.6 Å². The van der Waals surface area contributed by atoms with E-state index in [-0.39, 0.29) is 10.8 Å². The first-order valence-corrected chi connectivity index (χ1v) is 6.11. The summed E-state index contributed by atoms with van der Waals surface area (Å²) >= 11 is 5.93.